The van der Waals surface area contributed by atoms with Crippen LogP contribution in [0.5, 0.6) is 0 Å². The molecule has 0 spiro atoms. The summed E-state index contributed by atoms with van der Waals surface area (Å²) in [6.45, 7) is 6.52. The molecule has 0 radical (unpaired) electrons. The summed E-state index contributed by atoms with van der Waals surface area (Å²) in [6, 6.07) is 0. The Bertz CT molecular complexity index is 297. The highest BCUT2D eigenvalue weighted by atomic mass is 16.2. The lowest BCUT2D eigenvalue weighted by molar-refractivity contribution is -0.130. The van der Waals surface area contributed by atoms with Crippen LogP contribution in [0.3, 0.4) is 0 Å². The minimum absolute atomic E-state index is 0.258. The first-order chi connectivity index (χ1) is 8.15. The van der Waals surface area contributed by atoms with Gasteiger partial charge in [0.25, 0.3) is 0 Å². The van der Waals surface area contributed by atoms with Crippen molar-refractivity contribution in [2.45, 2.75) is 39.5 Å². The lowest BCUT2D eigenvalue weighted by Crippen LogP contribution is -2.31. The van der Waals surface area contributed by atoms with Gasteiger partial charge in [-0.25, -0.2) is 0 Å². The molecule has 0 aromatic carbocycles. The molecule has 5 heteroatoms. The summed E-state index contributed by atoms with van der Waals surface area (Å²) < 4.78 is 0. The molecular weight excluding hydrogens is 216 g/mol. The monoisotopic (exact) mass is 238 g/mol. The molecule has 0 aliphatic carbocycles. The summed E-state index contributed by atoms with van der Waals surface area (Å²) in [4.78, 5) is 16.5. The zero-order valence-electron chi connectivity index (χ0n) is 10.8. The van der Waals surface area contributed by atoms with Gasteiger partial charge in [0.15, 0.2) is 0 Å². The van der Waals surface area contributed by atoms with Crippen LogP contribution in [0.4, 0.5) is 0 Å². The van der Waals surface area contributed by atoms with Crippen molar-refractivity contribution in [3.05, 3.63) is 10.4 Å². The topological polar surface area (TPSA) is 69.1 Å². The molecule has 0 N–H and O–H groups in total. The Morgan fingerprint density at radius 2 is 2.29 bits per heavy atom. The van der Waals surface area contributed by atoms with Gasteiger partial charge in [-0.15, -0.1) is 0 Å². The van der Waals surface area contributed by atoms with Gasteiger partial charge in [0.1, 0.15) is 0 Å². The maximum atomic E-state index is 11.9. The summed E-state index contributed by atoms with van der Waals surface area (Å²) in [5, 5.41) is 3.49. The first kappa shape index (κ1) is 13.8. The SMILES string of the molecule is CC(C)C1CCC(=O)N(CCCN=[N+]=[N-])CC1. The van der Waals surface area contributed by atoms with Crippen molar-refractivity contribution in [3.63, 3.8) is 0 Å². The van der Waals surface area contributed by atoms with Crippen LogP contribution in [-0.4, -0.2) is 30.4 Å². The van der Waals surface area contributed by atoms with E-state index in [4.69, 9.17) is 5.53 Å². The number of rotatable bonds is 5. The quantitative estimate of drug-likeness (QED) is 0.314. The predicted molar refractivity (Wildman–Crippen MR) is 67.4 cm³/mol. The fraction of sp³-hybridized carbons (Fsp3) is 0.917. The minimum Gasteiger partial charge on any atom is -0.343 e. The van der Waals surface area contributed by atoms with Crippen molar-refractivity contribution < 1.29 is 4.79 Å². The highest BCUT2D eigenvalue weighted by Crippen LogP contribution is 2.25. The fourth-order valence-electron chi connectivity index (χ4n) is 2.34. The van der Waals surface area contributed by atoms with Gasteiger partial charge in [-0.2, -0.15) is 0 Å². The Kier molecular flexibility index (Phi) is 5.84. The number of likely N-dealkylation sites (tertiary alicyclic amines) is 1. The number of hydrogen-bond acceptors (Lipinski definition) is 2. The van der Waals surface area contributed by atoms with Crippen molar-refractivity contribution in [3.8, 4) is 0 Å². The van der Waals surface area contributed by atoms with Crippen LogP contribution in [0.25, 0.3) is 10.4 Å². The van der Waals surface area contributed by atoms with Gasteiger partial charge >= 0.3 is 0 Å². The maximum absolute atomic E-state index is 11.9. The lowest BCUT2D eigenvalue weighted by atomic mass is 9.89. The zero-order valence-corrected chi connectivity index (χ0v) is 10.8. The molecular formula is C12H22N4O. The van der Waals surface area contributed by atoms with Gasteiger partial charge < -0.3 is 4.90 Å². The minimum atomic E-state index is 0.258. The van der Waals surface area contributed by atoms with E-state index in [0.29, 0.717) is 24.8 Å². The molecule has 1 fully saturated rings. The van der Waals surface area contributed by atoms with E-state index in [2.05, 4.69) is 23.9 Å². The normalized spacial score (nSPS) is 21.2. The van der Waals surface area contributed by atoms with Crippen molar-refractivity contribution in [2.24, 2.45) is 17.0 Å². The molecule has 1 atom stereocenters. The van der Waals surface area contributed by atoms with Gasteiger partial charge in [0, 0.05) is 31.0 Å². The number of nitrogens with zero attached hydrogens (tertiary/aromatic N) is 4. The van der Waals surface area contributed by atoms with Crippen LogP contribution < -0.4 is 0 Å². The third-order valence-electron chi connectivity index (χ3n) is 3.54. The molecule has 1 amide bonds. The molecule has 96 valence electrons. The van der Waals surface area contributed by atoms with E-state index in [1.165, 1.54) is 0 Å². The average Bonchev–Trinajstić information content (AvgIpc) is 2.48. The Morgan fingerprint density at radius 1 is 1.53 bits per heavy atom. The lowest BCUT2D eigenvalue weighted by Gasteiger charge is -2.21. The second-order valence-corrected chi connectivity index (χ2v) is 5.02. The van der Waals surface area contributed by atoms with Crippen LogP contribution in [0, 0.1) is 11.8 Å². The Morgan fingerprint density at radius 3 is 2.94 bits per heavy atom. The van der Waals surface area contributed by atoms with E-state index in [-0.39, 0.29) is 5.91 Å². The first-order valence-corrected chi connectivity index (χ1v) is 6.43. The second kappa shape index (κ2) is 7.17. The summed E-state index contributed by atoms with van der Waals surface area (Å²) in [7, 11) is 0. The second-order valence-electron chi connectivity index (χ2n) is 5.02. The van der Waals surface area contributed by atoms with E-state index in [9.17, 15) is 4.79 Å². The number of carbonyl (C=O) groups excluding carboxylic acids is 1. The van der Waals surface area contributed by atoms with Crippen LogP contribution >= 0.6 is 0 Å². The Balaban J connectivity index is 2.39. The molecule has 0 aromatic rings. The first-order valence-electron chi connectivity index (χ1n) is 6.43. The summed E-state index contributed by atoms with van der Waals surface area (Å²) in [6.07, 6.45) is 3.56. The van der Waals surface area contributed by atoms with Gasteiger partial charge in [-0.05, 0) is 36.6 Å². The number of amides is 1. The summed E-state index contributed by atoms with van der Waals surface area (Å²) in [5.41, 5.74) is 8.17. The van der Waals surface area contributed by atoms with Crippen LogP contribution in [0.1, 0.15) is 39.5 Å². The molecule has 1 rings (SSSR count). The molecule has 5 nitrogen and oxygen atoms in total. The van der Waals surface area contributed by atoms with Gasteiger partial charge in [0.2, 0.25) is 5.91 Å². The van der Waals surface area contributed by atoms with E-state index in [1.807, 2.05) is 4.90 Å². The fourth-order valence-corrected chi connectivity index (χ4v) is 2.34. The van der Waals surface area contributed by atoms with Gasteiger partial charge in [-0.1, -0.05) is 19.0 Å². The third-order valence-corrected chi connectivity index (χ3v) is 3.54. The molecule has 0 saturated carbocycles. The number of hydrogen-bond donors (Lipinski definition) is 0. The van der Waals surface area contributed by atoms with Crippen LogP contribution in [0.2, 0.25) is 0 Å². The standard InChI is InChI=1S/C12H22N4O/c1-10(2)11-4-5-12(17)16(9-6-11)8-3-7-14-15-13/h10-11H,3-9H2,1-2H3. The highest BCUT2D eigenvalue weighted by molar-refractivity contribution is 5.76. The summed E-state index contributed by atoms with van der Waals surface area (Å²) >= 11 is 0. The number of azide groups is 1. The largest absolute Gasteiger partial charge is 0.343 e. The molecule has 1 aliphatic rings. The zero-order chi connectivity index (χ0) is 12.7. The van der Waals surface area contributed by atoms with Crippen molar-refractivity contribution in [2.75, 3.05) is 19.6 Å². The molecule has 1 aliphatic heterocycles. The smallest absolute Gasteiger partial charge is 0.222 e. The van der Waals surface area contributed by atoms with E-state index >= 15 is 0 Å². The van der Waals surface area contributed by atoms with Crippen molar-refractivity contribution >= 4 is 5.91 Å². The van der Waals surface area contributed by atoms with Crippen LogP contribution in [0.15, 0.2) is 5.11 Å². The van der Waals surface area contributed by atoms with Crippen LogP contribution in [-0.2, 0) is 4.79 Å². The Hall–Kier alpha value is -1.22. The Labute approximate surface area is 103 Å². The highest BCUT2D eigenvalue weighted by Gasteiger charge is 2.23. The molecule has 1 heterocycles. The molecule has 0 aromatic heterocycles. The van der Waals surface area contributed by atoms with E-state index in [0.717, 1.165) is 32.4 Å². The molecule has 0 bridgehead atoms. The van der Waals surface area contributed by atoms with Crippen molar-refractivity contribution in [1.29, 1.82) is 0 Å². The van der Waals surface area contributed by atoms with Gasteiger partial charge in [0.05, 0.1) is 0 Å². The third kappa shape index (κ3) is 4.65. The molecule has 1 saturated heterocycles. The number of carbonyl (C=O) groups is 1. The molecule has 17 heavy (non-hydrogen) atoms. The average molecular weight is 238 g/mol. The van der Waals surface area contributed by atoms with E-state index in [1.54, 1.807) is 0 Å². The maximum Gasteiger partial charge on any atom is 0.222 e. The summed E-state index contributed by atoms with van der Waals surface area (Å²) in [5.74, 6) is 1.58. The molecule has 1 unspecified atom stereocenters. The van der Waals surface area contributed by atoms with Gasteiger partial charge in [-0.3, -0.25) is 4.79 Å². The van der Waals surface area contributed by atoms with E-state index < -0.39 is 0 Å². The predicted octanol–water partition coefficient (Wildman–Crippen LogP) is 2.97. The van der Waals surface area contributed by atoms with Crippen molar-refractivity contribution in [1.82, 2.24) is 4.90 Å².